The number of hydrogen-bond donors (Lipinski definition) is 2. The molecule has 0 aromatic heterocycles. The van der Waals surface area contributed by atoms with E-state index in [-0.39, 0.29) is 6.42 Å². The highest BCUT2D eigenvalue weighted by molar-refractivity contribution is 6.30. The fourth-order valence-electron chi connectivity index (χ4n) is 4.25. The number of nitrogens with zero attached hydrogens (tertiary/aromatic N) is 1. The molecule has 8 heteroatoms. The Morgan fingerprint density at radius 2 is 1.63 bits per heavy atom. The van der Waals surface area contributed by atoms with Gasteiger partial charge in [0.05, 0.1) is 13.2 Å². The van der Waals surface area contributed by atoms with Gasteiger partial charge >= 0.3 is 6.03 Å². The van der Waals surface area contributed by atoms with Gasteiger partial charge in [0.25, 0.3) is 5.91 Å². The molecule has 3 aromatic carbocycles. The molecule has 0 radical (unpaired) electrons. The highest BCUT2D eigenvalue weighted by Gasteiger charge is 2.48. The smallest absolute Gasteiger partial charge is 0.325 e. The van der Waals surface area contributed by atoms with Gasteiger partial charge in [0.15, 0.2) is 0 Å². The summed E-state index contributed by atoms with van der Waals surface area (Å²) in [5.41, 5.74) is 1.28. The number of carbonyl (C=O) groups is 3. The van der Waals surface area contributed by atoms with Gasteiger partial charge in [-0.3, -0.25) is 14.5 Å². The number of urea groups is 1. The Kier molecular flexibility index (Phi) is 7.07. The van der Waals surface area contributed by atoms with E-state index in [1.165, 1.54) is 0 Å². The monoisotopic (exact) mass is 491 g/mol. The highest BCUT2D eigenvalue weighted by Crippen LogP contribution is 2.28. The molecule has 2 N–H and O–H groups in total. The third kappa shape index (κ3) is 5.30. The zero-order chi connectivity index (χ0) is 25.0. The normalized spacial score (nSPS) is 18.2. The summed E-state index contributed by atoms with van der Waals surface area (Å²) in [7, 11) is 1.55. The molecule has 3 aromatic rings. The van der Waals surface area contributed by atoms with Crippen LogP contribution in [0.5, 0.6) is 5.75 Å². The van der Waals surface area contributed by atoms with Crippen molar-refractivity contribution in [1.82, 2.24) is 15.5 Å². The summed E-state index contributed by atoms with van der Waals surface area (Å²) in [4.78, 5) is 40.0. The molecule has 4 rings (SSSR count). The Morgan fingerprint density at radius 3 is 2.31 bits per heavy atom. The van der Waals surface area contributed by atoms with Crippen LogP contribution in [0.2, 0.25) is 5.02 Å². The van der Waals surface area contributed by atoms with Crippen LogP contribution in [0.25, 0.3) is 0 Å². The third-order valence-corrected chi connectivity index (χ3v) is 6.28. The first-order valence-corrected chi connectivity index (χ1v) is 11.5. The van der Waals surface area contributed by atoms with Crippen LogP contribution in [0.1, 0.15) is 29.7 Å². The Bertz CT molecular complexity index is 1230. The van der Waals surface area contributed by atoms with Crippen LogP contribution < -0.4 is 15.4 Å². The van der Waals surface area contributed by atoms with E-state index in [0.29, 0.717) is 10.8 Å². The Balaban J connectivity index is 1.51. The summed E-state index contributed by atoms with van der Waals surface area (Å²) in [6.45, 7) is 1.25. The fourth-order valence-corrected chi connectivity index (χ4v) is 4.38. The summed E-state index contributed by atoms with van der Waals surface area (Å²) in [6.07, 6.45) is 0.233. The van der Waals surface area contributed by atoms with Gasteiger partial charge in [0.1, 0.15) is 17.8 Å². The molecule has 4 amide bonds. The van der Waals surface area contributed by atoms with E-state index in [1.807, 2.05) is 60.7 Å². The van der Waals surface area contributed by atoms with E-state index in [0.717, 1.165) is 21.6 Å². The van der Waals surface area contributed by atoms with E-state index in [9.17, 15) is 14.4 Å². The molecule has 1 saturated heterocycles. The second-order valence-electron chi connectivity index (χ2n) is 8.60. The van der Waals surface area contributed by atoms with Crippen molar-refractivity contribution in [3.63, 3.8) is 0 Å². The predicted molar refractivity (Wildman–Crippen MR) is 133 cm³/mol. The number of nitrogens with one attached hydrogen (secondary N) is 2. The predicted octanol–water partition coefficient (Wildman–Crippen LogP) is 4.11. The van der Waals surface area contributed by atoms with Gasteiger partial charge in [0, 0.05) is 11.4 Å². The van der Waals surface area contributed by atoms with Crippen molar-refractivity contribution in [2.75, 3.05) is 13.7 Å². The maximum absolute atomic E-state index is 13.2. The molecule has 0 saturated carbocycles. The Labute approximate surface area is 209 Å². The molecule has 0 unspecified atom stereocenters. The minimum atomic E-state index is -1.19. The van der Waals surface area contributed by atoms with E-state index >= 15 is 0 Å². The molecule has 1 heterocycles. The van der Waals surface area contributed by atoms with Gasteiger partial charge in [-0.05, 0) is 41.8 Å². The number of hydrogen-bond acceptors (Lipinski definition) is 4. The summed E-state index contributed by atoms with van der Waals surface area (Å²) in [6, 6.07) is 22.9. The number of methoxy groups -OCH3 is 1. The van der Waals surface area contributed by atoms with Crippen molar-refractivity contribution in [1.29, 1.82) is 0 Å². The Morgan fingerprint density at radius 1 is 1.00 bits per heavy atom. The molecule has 7 nitrogen and oxygen atoms in total. The van der Waals surface area contributed by atoms with E-state index in [2.05, 4.69) is 10.6 Å². The van der Waals surface area contributed by atoms with Gasteiger partial charge in [-0.15, -0.1) is 0 Å². The lowest BCUT2D eigenvalue weighted by Gasteiger charge is -2.23. The number of halogens is 1. The van der Waals surface area contributed by atoms with Crippen molar-refractivity contribution >= 4 is 29.4 Å². The van der Waals surface area contributed by atoms with Crippen LogP contribution in [0.15, 0.2) is 78.9 Å². The number of amides is 4. The van der Waals surface area contributed by atoms with E-state index in [4.69, 9.17) is 16.3 Å². The van der Waals surface area contributed by atoms with Crippen LogP contribution in [0.3, 0.4) is 0 Å². The first kappa shape index (κ1) is 24.3. The van der Waals surface area contributed by atoms with Gasteiger partial charge in [-0.2, -0.15) is 0 Å². The molecule has 35 heavy (non-hydrogen) atoms. The topological polar surface area (TPSA) is 87.7 Å². The largest absolute Gasteiger partial charge is 0.496 e. The zero-order valence-electron chi connectivity index (χ0n) is 19.5. The Hall–Kier alpha value is -3.84. The molecule has 1 aliphatic rings. The quantitative estimate of drug-likeness (QED) is 0.464. The third-order valence-electron chi connectivity index (χ3n) is 6.02. The summed E-state index contributed by atoms with van der Waals surface area (Å²) in [5, 5.41) is 6.29. The van der Waals surface area contributed by atoms with Crippen molar-refractivity contribution in [3.05, 3.63) is 101 Å². The summed E-state index contributed by atoms with van der Waals surface area (Å²) < 4.78 is 5.38. The number of rotatable bonds is 8. The lowest BCUT2D eigenvalue weighted by Crippen LogP contribution is -2.47. The molecule has 2 atom stereocenters. The molecule has 1 aliphatic heterocycles. The van der Waals surface area contributed by atoms with E-state index in [1.54, 1.807) is 32.2 Å². The average molecular weight is 492 g/mol. The van der Waals surface area contributed by atoms with Gasteiger partial charge in [-0.1, -0.05) is 72.3 Å². The average Bonchev–Trinajstić information content (AvgIpc) is 3.06. The zero-order valence-corrected chi connectivity index (χ0v) is 20.2. The van der Waals surface area contributed by atoms with Gasteiger partial charge in [-0.25, -0.2) is 4.79 Å². The van der Waals surface area contributed by atoms with Gasteiger partial charge < -0.3 is 15.4 Å². The standard InChI is InChI=1S/C27H26ClN3O4/c1-27(16-20-10-6-7-11-22(20)35-2)25(33)31(26(34)30-27)17-23(32)29-24(18-8-4-3-5-9-18)19-12-14-21(28)15-13-19/h3-15,24H,16-17H2,1-2H3,(H,29,32)(H,30,34)/t24-,27+/m1/s1. The molecule has 0 aliphatic carbocycles. The summed E-state index contributed by atoms with van der Waals surface area (Å²) >= 11 is 6.03. The number of para-hydroxylation sites is 1. The van der Waals surface area contributed by atoms with Crippen molar-refractivity contribution in [2.24, 2.45) is 0 Å². The molecule has 180 valence electrons. The lowest BCUT2D eigenvalue weighted by molar-refractivity contribution is -0.134. The van der Waals surface area contributed by atoms with Crippen LogP contribution in [-0.4, -0.2) is 41.9 Å². The minimum Gasteiger partial charge on any atom is -0.496 e. The van der Waals surface area contributed by atoms with Crippen LogP contribution in [0, 0.1) is 0 Å². The maximum Gasteiger partial charge on any atom is 0.325 e. The number of ether oxygens (including phenoxy) is 1. The maximum atomic E-state index is 13.2. The SMILES string of the molecule is COc1ccccc1C[C@]1(C)NC(=O)N(CC(=O)N[C@H](c2ccccc2)c2ccc(Cl)cc2)C1=O. The highest BCUT2D eigenvalue weighted by atomic mass is 35.5. The first-order chi connectivity index (χ1) is 16.8. The van der Waals surface area contributed by atoms with Crippen LogP contribution >= 0.6 is 11.6 Å². The second-order valence-corrected chi connectivity index (χ2v) is 9.04. The molecule has 1 fully saturated rings. The van der Waals surface area contributed by atoms with Gasteiger partial charge in [0.2, 0.25) is 5.91 Å². The molecule has 0 spiro atoms. The van der Waals surface area contributed by atoms with E-state index < -0.39 is 36.0 Å². The lowest BCUT2D eigenvalue weighted by atomic mass is 9.92. The first-order valence-electron chi connectivity index (χ1n) is 11.2. The van der Waals surface area contributed by atoms with Crippen LogP contribution in [-0.2, 0) is 16.0 Å². The second kappa shape index (κ2) is 10.2. The fraction of sp³-hybridized carbons (Fsp3) is 0.222. The number of imide groups is 1. The molecular weight excluding hydrogens is 466 g/mol. The summed E-state index contributed by atoms with van der Waals surface area (Å²) in [5.74, 6) is -0.300. The van der Waals surface area contributed by atoms with Crippen molar-refractivity contribution in [3.8, 4) is 5.75 Å². The number of benzene rings is 3. The number of carbonyl (C=O) groups excluding carboxylic acids is 3. The molecule has 0 bridgehead atoms. The van der Waals surface area contributed by atoms with Crippen LogP contribution in [0.4, 0.5) is 4.79 Å². The van der Waals surface area contributed by atoms with Crippen molar-refractivity contribution in [2.45, 2.75) is 24.9 Å². The molecular formula is C27H26ClN3O4. The minimum absolute atomic E-state index is 0.233. The van der Waals surface area contributed by atoms with Crippen molar-refractivity contribution < 1.29 is 19.1 Å².